The Labute approximate surface area is 112 Å². The molecule has 3 nitrogen and oxygen atoms in total. The number of halogens is 2. The van der Waals surface area contributed by atoms with Gasteiger partial charge in [-0.3, -0.25) is 0 Å². The molecule has 0 fully saturated rings. The van der Waals surface area contributed by atoms with Crippen molar-refractivity contribution in [2.45, 2.75) is 32.2 Å². The normalized spacial score (nSPS) is 12.7. The molecular formula is C14H21F2NO2. The summed E-state index contributed by atoms with van der Waals surface area (Å²) in [6, 6.07) is 5.77. The van der Waals surface area contributed by atoms with Gasteiger partial charge < -0.3 is 15.2 Å². The molecule has 0 amide bonds. The van der Waals surface area contributed by atoms with Gasteiger partial charge >= 0.3 is 0 Å². The van der Waals surface area contributed by atoms with Gasteiger partial charge in [0.15, 0.2) is 0 Å². The molecule has 19 heavy (non-hydrogen) atoms. The first-order valence-corrected chi connectivity index (χ1v) is 6.28. The van der Waals surface area contributed by atoms with Gasteiger partial charge in [-0.25, -0.2) is 8.78 Å². The molecule has 1 aromatic rings. The fourth-order valence-electron chi connectivity index (χ4n) is 1.86. The second kappa shape index (κ2) is 8.07. The van der Waals surface area contributed by atoms with Crippen molar-refractivity contribution < 1.29 is 18.3 Å². The number of hydrogen-bond acceptors (Lipinski definition) is 3. The van der Waals surface area contributed by atoms with Gasteiger partial charge in [-0.05, 0) is 31.4 Å². The lowest BCUT2D eigenvalue weighted by Gasteiger charge is -2.15. The second-order valence-corrected chi connectivity index (χ2v) is 4.53. The van der Waals surface area contributed by atoms with Crippen molar-refractivity contribution in [2.24, 2.45) is 5.73 Å². The van der Waals surface area contributed by atoms with E-state index >= 15 is 0 Å². The van der Waals surface area contributed by atoms with Crippen molar-refractivity contribution in [3.05, 3.63) is 29.3 Å². The quantitative estimate of drug-likeness (QED) is 0.740. The number of hydrogen-bond donors (Lipinski definition) is 1. The lowest BCUT2D eigenvalue weighted by Crippen LogP contribution is -2.25. The minimum atomic E-state index is -2.42. The third kappa shape index (κ3) is 5.98. The van der Waals surface area contributed by atoms with Crippen LogP contribution in [0.4, 0.5) is 8.78 Å². The SMILES string of the molecule is COc1ccc(C)cc1CC(N)CCOCC(F)F. The molecule has 1 aromatic carbocycles. The zero-order chi connectivity index (χ0) is 14.3. The summed E-state index contributed by atoms with van der Waals surface area (Å²) in [6.07, 6.45) is -1.24. The highest BCUT2D eigenvalue weighted by Gasteiger charge is 2.10. The molecule has 0 radical (unpaired) electrons. The number of aryl methyl sites for hydroxylation is 1. The minimum absolute atomic E-state index is 0.131. The minimum Gasteiger partial charge on any atom is -0.496 e. The summed E-state index contributed by atoms with van der Waals surface area (Å²) in [5.74, 6) is 0.801. The summed E-state index contributed by atoms with van der Waals surface area (Å²) in [7, 11) is 1.62. The third-order valence-electron chi connectivity index (χ3n) is 2.79. The molecule has 1 atom stereocenters. The van der Waals surface area contributed by atoms with E-state index in [1.165, 1.54) is 0 Å². The van der Waals surface area contributed by atoms with E-state index in [0.717, 1.165) is 16.9 Å². The molecule has 2 N–H and O–H groups in total. The Bertz CT molecular complexity index is 386. The summed E-state index contributed by atoms with van der Waals surface area (Å²) in [4.78, 5) is 0. The Morgan fingerprint density at radius 3 is 2.68 bits per heavy atom. The fraction of sp³-hybridized carbons (Fsp3) is 0.571. The van der Waals surface area contributed by atoms with Gasteiger partial charge in [0, 0.05) is 12.6 Å². The van der Waals surface area contributed by atoms with Gasteiger partial charge in [0.25, 0.3) is 6.43 Å². The highest BCUT2D eigenvalue weighted by Crippen LogP contribution is 2.21. The molecule has 1 unspecified atom stereocenters. The Hall–Kier alpha value is -1.20. The molecule has 0 aromatic heterocycles. The van der Waals surface area contributed by atoms with E-state index in [4.69, 9.17) is 15.2 Å². The van der Waals surface area contributed by atoms with Gasteiger partial charge in [-0.15, -0.1) is 0 Å². The molecule has 0 saturated carbocycles. The van der Waals surface area contributed by atoms with E-state index in [1.54, 1.807) is 7.11 Å². The predicted octanol–water partition coefficient (Wildman–Crippen LogP) is 2.55. The highest BCUT2D eigenvalue weighted by molar-refractivity contribution is 5.37. The van der Waals surface area contributed by atoms with Crippen LogP contribution in [0, 0.1) is 6.92 Å². The molecule has 0 aliphatic heterocycles. The maximum atomic E-state index is 11.9. The van der Waals surface area contributed by atoms with E-state index in [-0.39, 0.29) is 12.6 Å². The largest absolute Gasteiger partial charge is 0.496 e. The maximum Gasteiger partial charge on any atom is 0.261 e. The predicted molar refractivity (Wildman–Crippen MR) is 70.9 cm³/mol. The molecule has 5 heteroatoms. The molecule has 0 aliphatic rings. The summed E-state index contributed by atoms with van der Waals surface area (Å²) < 4.78 is 33.8. The van der Waals surface area contributed by atoms with Crippen LogP contribution in [0.15, 0.2) is 18.2 Å². The smallest absolute Gasteiger partial charge is 0.261 e. The van der Waals surface area contributed by atoms with Crippen LogP contribution in [0.1, 0.15) is 17.5 Å². The molecular weight excluding hydrogens is 252 g/mol. The highest BCUT2D eigenvalue weighted by atomic mass is 19.3. The molecule has 0 spiro atoms. The van der Waals surface area contributed by atoms with E-state index in [0.29, 0.717) is 12.8 Å². The van der Waals surface area contributed by atoms with Crippen LogP contribution in [-0.4, -0.2) is 32.8 Å². The Morgan fingerprint density at radius 1 is 1.32 bits per heavy atom. The van der Waals surface area contributed by atoms with Gasteiger partial charge in [-0.2, -0.15) is 0 Å². The Kier molecular flexibility index (Phi) is 6.73. The second-order valence-electron chi connectivity index (χ2n) is 4.53. The van der Waals surface area contributed by atoms with Gasteiger partial charge in [-0.1, -0.05) is 17.7 Å². The standard InChI is InChI=1S/C14H21F2NO2/c1-10-3-4-13(18-2)11(7-10)8-12(17)5-6-19-9-14(15)16/h3-4,7,12,14H,5-6,8-9,17H2,1-2H3. The number of ether oxygens (including phenoxy) is 2. The fourth-order valence-corrected chi connectivity index (χ4v) is 1.86. The van der Waals surface area contributed by atoms with Crippen LogP contribution < -0.4 is 10.5 Å². The van der Waals surface area contributed by atoms with Crippen LogP contribution in [-0.2, 0) is 11.2 Å². The monoisotopic (exact) mass is 273 g/mol. The zero-order valence-electron chi connectivity index (χ0n) is 11.4. The number of alkyl halides is 2. The average molecular weight is 273 g/mol. The summed E-state index contributed by atoms with van der Waals surface area (Å²) in [6.45, 7) is 1.72. The number of benzene rings is 1. The van der Waals surface area contributed by atoms with Gasteiger partial charge in [0.2, 0.25) is 0 Å². The van der Waals surface area contributed by atoms with Gasteiger partial charge in [0.05, 0.1) is 7.11 Å². The average Bonchev–Trinajstić information content (AvgIpc) is 2.35. The van der Waals surface area contributed by atoms with Crippen LogP contribution >= 0.6 is 0 Å². The maximum absolute atomic E-state index is 11.9. The lowest BCUT2D eigenvalue weighted by molar-refractivity contribution is 0.0153. The lowest BCUT2D eigenvalue weighted by atomic mass is 10.0. The van der Waals surface area contributed by atoms with Crippen LogP contribution in [0.2, 0.25) is 0 Å². The molecule has 108 valence electrons. The van der Waals surface area contributed by atoms with Gasteiger partial charge in [0.1, 0.15) is 12.4 Å². The first-order valence-electron chi connectivity index (χ1n) is 6.28. The number of nitrogens with two attached hydrogens (primary N) is 1. The number of methoxy groups -OCH3 is 1. The van der Waals surface area contributed by atoms with E-state index in [1.807, 2.05) is 25.1 Å². The topological polar surface area (TPSA) is 44.5 Å². The first-order chi connectivity index (χ1) is 9.02. The van der Waals surface area contributed by atoms with Crippen molar-refractivity contribution in [3.63, 3.8) is 0 Å². The Morgan fingerprint density at radius 2 is 2.05 bits per heavy atom. The summed E-state index contributed by atoms with van der Waals surface area (Å²) >= 11 is 0. The number of rotatable bonds is 8. The van der Waals surface area contributed by atoms with Crippen LogP contribution in [0.5, 0.6) is 5.75 Å². The van der Waals surface area contributed by atoms with Crippen molar-refractivity contribution in [1.29, 1.82) is 0 Å². The van der Waals surface area contributed by atoms with Crippen molar-refractivity contribution in [2.75, 3.05) is 20.3 Å². The van der Waals surface area contributed by atoms with E-state index < -0.39 is 13.0 Å². The molecule has 1 rings (SSSR count). The Balaban J connectivity index is 2.43. The van der Waals surface area contributed by atoms with Crippen molar-refractivity contribution in [1.82, 2.24) is 0 Å². The molecule has 0 heterocycles. The van der Waals surface area contributed by atoms with Crippen LogP contribution in [0.25, 0.3) is 0 Å². The van der Waals surface area contributed by atoms with Crippen molar-refractivity contribution in [3.8, 4) is 5.75 Å². The van der Waals surface area contributed by atoms with E-state index in [9.17, 15) is 8.78 Å². The van der Waals surface area contributed by atoms with E-state index in [2.05, 4.69) is 0 Å². The van der Waals surface area contributed by atoms with Crippen molar-refractivity contribution >= 4 is 0 Å². The molecule has 0 saturated heterocycles. The molecule has 0 aliphatic carbocycles. The summed E-state index contributed by atoms with van der Waals surface area (Å²) in [5.41, 5.74) is 8.14. The van der Waals surface area contributed by atoms with Crippen LogP contribution in [0.3, 0.4) is 0 Å². The molecule has 0 bridgehead atoms. The first kappa shape index (κ1) is 15.9. The zero-order valence-corrected chi connectivity index (χ0v) is 11.4. The third-order valence-corrected chi connectivity index (χ3v) is 2.79. The summed E-state index contributed by atoms with van der Waals surface area (Å²) in [5, 5.41) is 0.